The highest BCUT2D eigenvalue weighted by molar-refractivity contribution is 5.99. The van der Waals surface area contributed by atoms with Gasteiger partial charge in [0.25, 0.3) is 11.8 Å². The van der Waals surface area contributed by atoms with Gasteiger partial charge in [-0.3, -0.25) is 9.59 Å². The fourth-order valence-electron chi connectivity index (χ4n) is 3.42. The number of rotatable bonds is 5. The quantitative estimate of drug-likeness (QED) is 0.857. The van der Waals surface area contributed by atoms with Crippen LogP contribution in [0.25, 0.3) is 0 Å². The SMILES string of the molecule is Cc1cccc(CNC(=O)c2cccc(C(=O)NC3CCCCC3)c2)c1. The van der Waals surface area contributed by atoms with Crippen LogP contribution in [0.3, 0.4) is 0 Å². The lowest BCUT2D eigenvalue weighted by atomic mass is 9.95. The normalized spacial score (nSPS) is 14.7. The third kappa shape index (κ3) is 4.94. The Kier molecular flexibility index (Phi) is 6.05. The molecule has 1 saturated carbocycles. The first-order valence-corrected chi connectivity index (χ1v) is 9.36. The Morgan fingerprint density at radius 3 is 2.35 bits per heavy atom. The van der Waals surface area contributed by atoms with E-state index in [1.165, 1.54) is 19.3 Å². The highest BCUT2D eigenvalue weighted by Gasteiger charge is 2.17. The van der Waals surface area contributed by atoms with Crippen LogP contribution in [0, 0.1) is 6.92 Å². The first-order valence-electron chi connectivity index (χ1n) is 9.36. The highest BCUT2D eigenvalue weighted by Crippen LogP contribution is 2.18. The van der Waals surface area contributed by atoms with Gasteiger partial charge in [0.2, 0.25) is 0 Å². The molecule has 136 valence electrons. The highest BCUT2D eigenvalue weighted by atomic mass is 16.2. The molecule has 0 spiro atoms. The minimum absolute atomic E-state index is 0.0924. The summed E-state index contributed by atoms with van der Waals surface area (Å²) in [6.45, 7) is 2.50. The summed E-state index contributed by atoms with van der Waals surface area (Å²) in [5.41, 5.74) is 3.27. The van der Waals surface area contributed by atoms with Gasteiger partial charge < -0.3 is 10.6 Å². The van der Waals surface area contributed by atoms with Gasteiger partial charge >= 0.3 is 0 Å². The van der Waals surface area contributed by atoms with E-state index in [4.69, 9.17) is 0 Å². The molecule has 2 N–H and O–H groups in total. The number of hydrogen-bond acceptors (Lipinski definition) is 2. The monoisotopic (exact) mass is 350 g/mol. The van der Waals surface area contributed by atoms with Crippen LogP contribution < -0.4 is 10.6 Å². The molecule has 1 fully saturated rings. The molecule has 0 aliphatic heterocycles. The van der Waals surface area contributed by atoms with Crippen LogP contribution >= 0.6 is 0 Å². The molecule has 3 rings (SSSR count). The van der Waals surface area contributed by atoms with Crippen molar-refractivity contribution in [3.63, 3.8) is 0 Å². The van der Waals surface area contributed by atoms with Gasteiger partial charge in [-0.05, 0) is 43.5 Å². The summed E-state index contributed by atoms with van der Waals surface area (Å²) in [6.07, 6.45) is 5.69. The summed E-state index contributed by atoms with van der Waals surface area (Å²) in [5, 5.41) is 6.01. The zero-order valence-corrected chi connectivity index (χ0v) is 15.3. The second-order valence-electron chi connectivity index (χ2n) is 7.06. The first-order chi connectivity index (χ1) is 12.6. The van der Waals surface area contributed by atoms with Crippen molar-refractivity contribution in [1.29, 1.82) is 0 Å². The number of carbonyl (C=O) groups excluding carboxylic acids is 2. The predicted octanol–water partition coefficient (Wildman–Crippen LogP) is 3.99. The lowest BCUT2D eigenvalue weighted by molar-refractivity contribution is 0.0927. The van der Waals surface area contributed by atoms with Gasteiger partial charge in [0.15, 0.2) is 0 Å². The molecule has 0 bridgehead atoms. The van der Waals surface area contributed by atoms with Crippen molar-refractivity contribution < 1.29 is 9.59 Å². The van der Waals surface area contributed by atoms with E-state index in [-0.39, 0.29) is 17.9 Å². The first kappa shape index (κ1) is 18.2. The van der Waals surface area contributed by atoms with Gasteiger partial charge in [-0.2, -0.15) is 0 Å². The van der Waals surface area contributed by atoms with Gasteiger partial charge in [-0.25, -0.2) is 0 Å². The van der Waals surface area contributed by atoms with Crippen LogP contribution in [0.15, 0.2) is 48.5 Å². The van der Waals surface area contributed by atoms with Crippen LogP contribution in [-0.4, -0.2) is 17.9 Å². The van der Waals surface area contributed by atoms with Crippen LogP contribution in [0.1, 0.15) is 63.9 Å². The molecule has 0 unspecified atom stereocenters. The molecule has 0 atom stereocenters. The third-order valence-corrected chi connectivity index (χ3v) is 4.86. The molecule has 0 heterocycles. The standard InChI is InChI=1S/C22H26N2O2/c1-16-7-5-8-17(13-16)15-23-21(25)18-9-6-10-19(14-18)22(26)24-20-11-3-2-4-12-20/h5-10,13-14,20H,2-4,11-12,15H2,1H3,(H,23,25)(H,24,26). The Balaban J connectivity index is 1.60. The fraction of sp³-hybridized carbons (Fsp3) is 0.364. The summed E-state index contributed by atoms with van der Waals surface area (Å²) in [7, 11) is 0. The van der Waals surface area contributed by atoms with Gasteiger partial charge in [0.05, 0.1) is 0 Å². The summed E-state index contributed by atoms with van der Waals surface area (Å²) >= 11 is 0. The van der Waals surface area contributed by atoms with Crippen molar-refractivity contribution in [2.45, 2.75) is 51.6 Å². The maximum absolute atomic E-state index is 12.5. The van der Waals surface area contributed by atoms with Crippen molar-refractivity contribution in [3.8, 4) is 0 Å². The zero-order valence-electron chi connectivity index (χ0n) is 15.3. The van der Waals surface area contributed by atoms with Crippen molar-refractivity contribution in [3.05, 3.63) is 70.8 Å². The zero-order chi connectivity index (χ0) is 18.4. The second kappa shape index (κ2) is 8.65. The molecule has 26 heavy (non-hydrogen) atoms. The molecular formula is C22H26N2O2. The second-order valence-corrected chi connectivity index (χ2v) is 7.06. The average molecular weight is 350 g/mol. The minimum Gasteiger partial charge on any atom is -0.349 e. The molecule has 2 amide bonds. The van der Waals surface area contributed by atoms with E-state index in [1.807, 2.05) is 31.2 Å². The molecule has 4 nitrogen and oxygen atoms in total. The fourth-order valence-corrected chi connectivity index (χ4v) is 3.42. The predicted molar refractivity (Wildman–Crippen MR) is 103 cm³/mol. The number of aryl methyl sites for hydroxylation is 1. The van der Waals surface area contributed by atoms with Crippen LogP contribution in [-0.2, 0) is 6.54 Å². The summed E-state index contributed by atoms with van der Waals surface area (Å²) in [4.78, 5) is 24.9. The van der Waals surface area contributed by atoms with E-state index in [0.29, 0.717) is 17.7 Å². The number of amides is 2. The maximum Gasteiger partial charge on any atom is 0.251 e. The van der Waals surface area contributed by atoms with Gasteiger partial charge in [-0.1, -0.05) is 55.2 Å². The lowest BCUT2D eigenvalue weighted by Gasteiger charge is -2.22. The number of nitrogens with one attached hydrogen (secondary N) is 2. The van der Waals surface area contributed by atoms with Gasteiger partial charge in [0, 0.05) is 23.7 Å². The molecule has 1 aliphatic rings. The van der Waals surface area contributed by atoms with Crippen molar-refractivity contribution in [2.75, 3.05) is 0 Å². The Bertz CT molecular complexity index is 779. The van der Waals surface area contributed by atoms with E-state index >= 15 is 0 Å². The van der Waals surface area contributed by atoms with E-state index < -0.39 is 0 Å². The molecule has 0 saturated heterocycles. The van der Waals surface area contributed by atoms with E-state index in [2.05, 4.69) is 10.6 Å². The Labute approximate surface area is 155 Å². The molecular weight excluding hydrogens is 324 g/mol. The number of hydrogen-bond donors (Lipinski definition) is 2. The average Bonchev–Trinajstić information content (AvgIpc) is 2.67. The molecule has 2 aromatic carbocycles. The Morgan fingerprint density at radius 2 is 1.62 bits per heavy atom. The van der Waals surface area contributed by atoms with Crippen LogP contribution in [0.5, 0.6) is 0 Å². The minimum atomic E-state index is -0.168. The summed E-state index contributed by atoms with van der Waals surface area (Å²) in [6, 6.07) is 15.2. The van der Waals surface area contributed by atoms with Gasteiger partial charge in [-0.15, -0.1) is 0 Å². The van der Waals surface area contributed by atoms with E-state index in [1.54, 1.807) is 24.3 Å². The molecule has 4 heteroatoms. The molecule has 2 aromatic rings. The van der Waals surface area contributed by atoms with E-state index in [0.717, 1.165) is 24.0 Å². The third-order valence-electron chi connectivity index (χ3n) is 4.86. The van der Waals surface area contributed by atoms with Crippen molar-refractivity contribution in [2.24, 2.45) is 0 Å². The molecule has 1 aliphatic carbocycles. The lowest BCUT2D eigenvalue weighted by Crippen LogP contribution is -2.36. The Hall–Kier alpha value is -2.62. The summed E-state index contributed by atoms with van der Waals surface area (Å²) < 4.78 is 0. The number of carbonyl (C=O) groups is 2. The Morgan fingerprint density at radius 1 is 0.923 bits per heavy atom. The molecule has 0 radical (unpaired) electrons. The smallest absolute Gasteiger partial charge is 0.251 e. The van der Waals surface area contributed by atoms with Crippen LogP contribution in [0.2, 0.25) is 0 Å². The maximum atomic E-state index is 12.5. The van der Waals surface area contributed by atoms with Crippen molar-refractivity contribution >= 4 is 11.8 Å². The molecule has 0 aromatic heterocycles. The largest absolute Gasteiger partial charge is 0.349 e. The van der Waals surface area contributed by atoms with Crippen molar-refractivity contribution in [1.82, 2.24) is 10.6 Å². The van der Waals surface area contributed by atoms with Crippen LogP contribution in [0.4, 0.5) is 0 Å². The van der Waals surface area contributed by atoms with Gasteiger partial charge in [0.1, 0.15) is 0 Å². The van der Waals surface area contributed by atoms with E-state index in [9.17, 15) is 9.59 Å². The summed E-state index contributed by atoms with van der Waals surface area (Å²) in [5.74, 6) is -0.260. The topological polar surface area (TPSA) is 58.2 Å². The number of benzene rings is 2.